The normalized spacial score (nSPS) is 21.1. The van der Waals surface area contributed by atoms with E-state index < -0.39 is 0 Å². The Hall–Kier alpha value is -3.07. The molecule has 1 aromatic carbocycles. The largest absolute Gasteiger partial charge is 0.465 e. The number of rotatable bonds is 3. The van der Waals surface area contributed by atoms with E-state index in [1.54, 1.807) is 12.5 Å². The third kappa shape index (κ3) is 3.41. The minimum atomic E-state index is 0.0694. The van der Waals surface area contributed by atoms with Crippen LogP contribution in [0, 0.1) is 0 Å². The van der Waals surface area contributed by atoms with E-state index in [0.717, 1.165) is 11.1 Å². The molecule has 0 N–H and O–H groups in total. The SMILES string of the molecule is O=C1/C(=C\c2ccco2)CC(c2ccccc2)C/C1=C\c1ccco1. The summed E-state index contributed by atoms with van der Waals surface area (Å²) in [5, 5.41) is 0. The van der Waals surface area contributed by atoms with Gasteiger partial charge in [-0.2, -0.15) is 0 Å². The van der Waals surface area contributed by atoms with Crippen LogP contribution in [0.15, 0.2) is 87.1 Å². The van der Waals surface area contributed by atoms with Gasteiger partial charge in [-0.3, -0.25) is 4.79 Å². The maximum Gasteiger partial charge on any atom is 0.185 e. The fourth-order valence-corrected chi connectivity index (χ4v) is 3.29. The molecular formula is C22H18O3. The van der Waals surface area contributed by atoms with Gasteiger partial charge in [-0.25, -0.2) is 0 Å². The van der Waals surface area contributed by atoms with E-state index in [1.165, 1.54) is 5.56 Å². The first kappa shape index (κ1) is 15.5. The number of carbonyl (C=O) groups excluding carboxylic acids is 1. The summed E-state index contributed by atoms with van der Waals surface area (Å²) in [6.07, 6.45) is 8.36. The molecule has 1 aliphatic rings. The quantitative estimate of drug-likeness (QED) is 0.597. The second kappa shape index (κ2) is 6.81. The number of furan rings is 2. The zero-order valence-corrected chi connectivity index (χ0v) is 13.7. The molecule has 2 heterocycles. The Balaban J connectivity index is 1.73. The second-order valence-corrected chi connectivity index (χ2v) is 6.21. The molecule has 0 amide bonds. The monoisotopic (exact) mass is 330 g/mol. The van der Waals surface area contributed by atoms with E-state index in [9.17, 15) is 4.79 Å². The average Bonchev–Trinajstić information content (AvgIpc) is 3.33. The average molecular weight is 330 g/mol. The molecule has 25 heavy (non-hydrogen) atoms. The Kier molecular flexibility index (Phi) is 4.21. The van der Waals surface area contributed by atoms with Crippen molar-refractivity contribution in [3.05, 3.63) is 95.4 Å². The Labute approximate surface area is 146 Å². The van der Waals surface area contributed by atoms with Crippen LogP contribution in [-0.4, -0.2) is 5.78 Å². The fourth-order valence-electron chi connectivity index (χ4n) is 3.29. The zero-order chi connectivity index (χ0) is 17.1. The first-order chi connectivity index (χ1) is 12.3. The van der Waals surface area contributed by atoms with E-state index in [0.29, 0.717) is 24.4 Å². The Morgan fingerprint density at radius 3 is 1.80 bits per heavy atom. The molecule has 1 saturated carbocycles. The summed E-state index contributed by atoms with van der Waals surface area (Å²) in [5.74, 6) is 1.74. The van der Waals surface area contributed by atoms with Gasteiger partial charge in [-0.1, -0.05) is 30.3 Å². The highest BCUT2D eigenvalue weighted by Gasteiger charge is 2.29. The lowest BCUT2D eigenvalue weighted by atomic mass is 9.77. The van der Waals surface area contributed by atoms with Gasteiger partial charge in [0, 0.05) is 11.1 Å². The second-order valence-electron chi connectivity index (χ2n) is 6.21. The molecule has 3 aromatic rings. The van der Waals surface area contributed by atoms with Crippen LogP contribution in [0.4, 0.5) is 0 Å². The lowest BCUT2D eigenvalue weighted by Crippen LogP contribution is -2.18. The third-order valence-electron chi connectivity index (χ3n) is 4.51. The topological polar surface area (TPSA) is 43.4 Å². The van der Waals surface area contributed by atoms with Gasteiger partial charge < -0.3 is 8.83 Å². The van der Waals surface area contributed by atoms with Gasteiger partial charge in [0.2, 0.25) is 0 Å². The summed E-state index contributed by atoms with van der Waals surface area (Å²) in [4.78, 5) is 12.9. The van der Waals surface area contributed by atoms with Gasteiger partial charge in [0.15, 0.2) is 5.78 Å². The van der Waals surface area contributed by atoms with Crippen molar-refractivity contribution in [1.82, 2.24) is 0 Å². The maximum absolute atomic E-state index is 12.9. The van der Waals surface area contributed by atoms with Crippen molar-refractivity contribution in [2.45, 2.75) is 18.8 Å². The third-order valence-corrected chi connectivity index (χ3v) is 4.51. The molecule has 0 bridgehead atoms. The number of hydrogen-bond acceptors (Lipinski definition) is 3. The first-order valence-corrected chi connectivity index (χ1v) is 8.37. The standard InChI is InChI=1S/C22H18O3/c23-22-18(14-20-8-4-10-24-20)12-17(16-6-2-1-3-7-16)13-19(22)15-21-9-5-11-25-21/h1-11,14-15,17H,12-13H2/b18-14-,19-15+. The molecule has 3 nitrogen and oxygen atoms in total. The molecule has 4 rings (SSSR count). The minimum Gasteiger partial charge on any atom is -0.465 e. The van der Waals surface area contributed by atoms with Crippen molar-refractivity contribution in [2.24, 2.45) is 0 Å². The molecule has 0 spiro atoms. The maximum atomic E-state index is 12.9. The molecule has 124 valence electrons. The van der Waals surface area contributed by atoms with Crippen molar-refractivity contribution in [3.8, 4) is 0 Å². The zero-order valence-electron chi connectivity index (χ0n) is 13.7. The van der Waals surface area contributed by atoms with Crippen LogP contribution in [0.2, 0.25) is 0 Å². The van der Waals surface area contributed by atoms with Crippen LogP contribution >= 0.6 is 0 Å². The molecule has 0 saturated heterocycles. The van der Waals surface area contributed by atoms with Crippen LogP contribution in [-0.2, 0) is 4.79 Å². The van der Waals surface area contributed by atoms with E-state index in [-0.39, 0.29) is 11.7 Å². The molecule has 1 unspecified atom stereocenters. The molecule has 1 fully saturated rings. The number of allylic oxidation sites excluding steroid dienone is 2. The smallest absolute Gasteiger partial charge is 0.185 e. The van der Waals surface area contributed by atoms with Crippen molar-refractivity contribution >= 4 is 17.9 Å². The van der Waals surface area contributed by atoms with Gasteiger partial charge >= 0.3 is 0 Å². The minimum absolute atomic E-state index is 0.0694. The van der Waals surface area contributed by atoms with E-state index >= 15 is 0 Å². The predicted octanol–water partition coefficient (Wildman–Crippen LogP) is 5.49. The summed E-state index contributed by atoms with van der Waals surface area (Å²) in [7, 11) is 0. The summed E-state index contributed by atoms with van der Waals surface area (Å²) in [6.45, 7) is 0. The summed E-state index contributed by atoms with van der Waals surface area (Å²) in [6, 6.07) is 17.7. The van der Waals surface area contributed by atoms with Gasteiger partial charge in [-0.05, 0) is 60.7 Å². The highest BCUT2D eigenvalue weighted by molar-refractivity contribution is 6.14. The van der Waals surface area contributed by atoms with E-state index in [2.05, 4.69) is 12.1 Å². The molecular weight excluding hydrogens is 312 g/mol. The fraction of sp³-hybridized carbons (Fsp3) is 0.136. The summed E-state index contributed by atoms with van der Waals surface area (Å²) < 4.78 is 10.8. The van der Waals surface area contributed by atoms with Gasteiger partial charge in [0.05, 0.1) is 12.5 Å². The van der Waals surface area contributed by atoms with E-state index in [4.69, 9.17) is 8.83 Å². The number of carbonyl (C=O) groups is 1. The predicted molar refractivity (Wildman–Crippen MR) is 96.8 cm³/mol. The number of ketones is 1. The van der Waals surface area contributed by atoms with Crippen LogP contribution in [0.3, 0.4) is 0 Å². The van der Waals surface area contributed by atoms with Crippen molar-refractivity contribution < 1.29 is 13.6 Å². The van der Waals surface area contributed by atoms with Crippen molar-refractivity contribution in [2.75, 3.05) is 0 Å². The lowest BCUT2D eigenvalue weighted by Gasteiger charge is -2.26. The molecule has 1 aliphatic carbocycles. The number of hydrogen-bond donors (Lipinski definition) is 0. The van der Waals surface area contributed by atoms with Crippen LogP contribution in [0.25, 0.3) is 12.2 Å². The number of benzene rings is 1. The highest BCUT2D eigenvalue weighted by atomic mass is 16.3. The molecule has 2 aromatic heterocycles. The van der Waals surface area contributed by atoms with Crippen LogP contribution < -0.4 is 0 Å². The Bertz CT molecular complexity index is 841. The van der Waals surface area contributed by atoms with Gasteiger partial charge in [-0.15, -0.1) is 0 Å². The van der Waals surface area contributed by atoms with Crippen LogP contribution in [0.1, 0.15) is 35.8 Å². The van der Waals surface area contributed by atoms with Crippen molar-refractivity contribution in [1.29, 1.82) is 0 Å². The first-order valence-electron chi connectivity index (χ1n) is 8.37. The lowest BCUT2D eigenvalue weighted by molar-refractivity contribution is -0.113. The van der Waals surface area contributed by atoms with E-state index in [1.807, 2.05) is 54.6 Å². The molecule has 0 aliphatic heterocycles. The van der Waals surface area contributed by atoms with Crippen LogP contribution in [0.5, 0.6) is 0 Å². The highest BCUT2D eigenvalue weighted by Crippen LogP contribution is 2.38. The summed E-state index contributed by atoms with van der Waals surface area (Å²) in [5.41, 5.74) is 2.78. The Morgan fingerprint density at radius 2 is 1.32 bits per heavy atom. The molecule has 3 heteroatoms. The molecule has 0 radical (unpaired) electrons. The summed E-state index contributed by atoms with van der Waals surface area (Å²) >= 11 is 0. The number of Topliss-reactive ketones (excluding diaryl/α,β-unsaturated/α-hetero) is 1. The Morgan fingerprint density at radius 1 is 0.760 bits per heavy atom. The van der Waals surface area contributed by atoms with Gasteiger partial charge in [0.25, 0.3) is 0 Å². The van der Waals surface area contributed by atoms with Gasteiger partial charge in [0.1, 0.15) is 11.5 Å². The van der Waals surface area contributed by atoms with Crippen molar-refractivity contribution in [3.63, 3.8) is 0 Å². The molecule has 1 atom stereocenters.